The minimum Gasteiger partial charge on any atom is -0.315 e. The van der Waals surface area contributed by atoms with E-state index in [1.807, 2.05) is 37.4 Å². The zero-order valence-electron chi connectivity index (χ0n) is 21.5. The summed E-state index contributed by atoms with van der Waals surface area (Å²) in [6.45, 7) is 2.20. The molecule has 1 fully saturated rings. The van der Waals surface area contributed by atoms with Crippen molar-refractivity contribution in [1.29, 1.82) is 0 Å². The molecule has 6 heteroatoms. The van der Waals surface area contributed by atoms with Gasteiger partial charge < -0.3 is 4.90 Å². The lowest BCUT2D eigenvalue weighted by atomic mass is 9.97. The highest BCUT2D eigenvalue weighted by atomic mass is 32.2. The first-order valence-corrected chi connectivity index (χ1v) is 13.9. The quantitative estimate of drug-likeness (QED) is 0.274. The van der Waals surface area contributed by atoms with E-state index in [0.717, 1.165) is 58.1 Å². The van der Waals surface area contributed by atoms with Crippen LogP contribution in [0.4, 0.5) is 10.5 Å². The predicted molar refractivity (Wildman–Crippen MR) is 153 cm³/mol. The second-order valence-corrected chi connectivity index (χ2v) is 10.7. The molecule has 1 aliphatic heterocycles. The van der Waals surface area contributed by atoms with Gasteiger partial charge >= 0.3 is 0 Å². The number of nitrogens with one attached hydrogen (secondary N) is 1. The van der Waals surface area contributed by atoms with E-state index in [2.05, 4.69) is 54.7 Å². The normalized spacial score (nSPS) is 15.0. The van der Waals surface area contributed by atoms with Gasteiger partial charge in [-0.3, -0.25) is 19.7 Å². The summed E-state index contributed by atoms with van der Waals surface area (Å²) in [5.41, 5.74) is 6.24. The standard InChI is InChI=1S/C31H34N2O3S/c1-3-4-5-6-7-14-29(34)33(2)27-13-9-12-26(21-27)25-11-8-10-24(20-25)23-17-15-22(16-18-23)19-28-30(35)32-31(36)37-28/h8-13,15-18,20-21,28H,3-7,14,19H2,1-2H3,(H,32,35,36). The first-order chi connectivity index (χ1) is 17.9. The van der Waals surface area contributed by atoms with E-state index in [9.17, 15) is 14.4 Å². The van der Waals surface area contributed by atoms with Crippen molar-refractivity contribution in [3.63, 3.8) is 0 Å². The van der Waals surface area contributed by atoms with E-state index in [4.69, 9.17) is 0 Å². The van der Waals surface area contributed by atoms with Crippen LogP contribution in [0.5, 0.6) is 0 Å². The molecule has 4 rings (SSSR count). The van der Waals surface area contributed by atoms with Gasteiger partial charge in [0.05, 0.1) is 5.25 Å². The summed E-state index contributed by atoms with van der Waals surface area (Å²) in [4.78, 5) is 37.8. The average Bonchev–Trinajstić information content (AvgIpc) is 3.24. The number of imide groups is 1. The van der Waals surface area contributed by atoms with Gasteiger partial charge in [-0.2, -0.15) is 0 Å². The Bertz CT molecular complexity index is 1260. The van der Waals surface area contributed by atoms with E-state index in [0.29, 0.717) is 12.8 Å². The Kier molecular flexibility index (Phi) is 9.18. The van der Waals surface area contributed by atoms with Crippen LogP contribution < -0.4 is 10.2 Å². The Labute approximate surface area is 223 Å². The molecule has 3 amide bonds. The van der Waals surface area contributed by atoms with Crippen molar-refractivity contribution in [1.82, 2.24) is 5.32 Å². The van der Waals surface area contributed by atoms with Gasteiger partial charge in [0.15, 0.2) is 0 Å². The third-order valence-electron chi connectivity index (χ3n) is 6.77. The van der Waals surface area contributed by atoms with Gasteiger partial charge in [-0.1, -0.05) is 99.0 Å². The van der Waals surface area contributed by atoms with Crippen LogP contribution in [-0.2, 0) is 16.0 Å². The van der Waals surface area contributed by atoms with Gasteiger partial charge in [-0.05, 0) is 58.9 Å². The lowest BCUT2D eigenvalue weighted by molar-refractivity contribution is -0.119. The van der Waals surface area contributed by atoms with Gasteiger partial charge in [-0.25, -0.2) is 0 Å². The molecule has 192 valence electrons. The molecule has 0 bridgehead atoms. The number of carbonyl (C=O) groups is 3. The first kappa shape index (κ1) is 26.7. The number of hydrogen-bond donors (Lipinski definition) is 1. The highest BCUT2D eigenvalue weighted by Gasteiger charge is 2.31. The van der Waals surface area contributed by atoms with Crippen molar-refractivity contribution in [3.8, 4) is 22.3 Å². The number of rotatable bonds is 11. The van der Waals surface area contributed by atoms with Gasteiger partial charge in [0.1, 0.15) is 0 Å². The van der Waals surface area contributed by atoms with E-state index >= 15 is 0 Å². The number of hydrogen-bond acceptors (Lipinski definition) is 4. The monoisotopic (exact) mass is 514 g/mol. The molecule has 1 saturated heterocycles. The topological polar surface area (TPSA) is 66.5 Å². The van der Waals surface area contributed by atoms with Crippen LogP contribution in [-0.4, -0.2) is 29.4 Å². The number of anilines is 1. The lowest BCUT2D eigenvalue weighted by Gasteiger charge is -2.18. The van der Waals surface area contributed by atoms with E-state index in [1.165, 1.54) is 19.3 Å². The highest BCUT2D eigenvalue weighted by Crippen LogP contribution is 2.30. The molecule has 5 nitrogen and oxygen atoms in total. The van der Waals surface area contributed by atoms with Gasteiger partial charge in [0, 0.05) is 19.2 Å². The number of amides is 3. The molecule has 1 unspecified atom stereocenters. The smallest absolute Gasteiger partial charge is 0.286 e. The fourth-order valence-electron chi connectivity index (χ4n) is 4.54. The molecule has 37 heavy (non-hydrogen) atoms. The zero-order valence-corrected chi connectivity index (χ0v) is 22.4. The molecule has 1 aliphatic rings. The number of unbranched alkanes of at least 4 members (excludes halogenated alkanes) is 4. The fraction of sp³-hybridized carbons (Fsp3) is 0.323. The van der Waals surface area contributed by atoms with Crippen molar-refractivity contribution in [2.75, 3.05) is 11.9 Å². The van der Waals surface area contributed by atoms with Crippen LogP contribution in [0.3, 0.4) is 0 Å². The third-order valence-corrected chi connectivity index (χ3v) is 7.75. The molecule has 0 spiro atoms. The van der Waals surface area contributed by atoms with Crippen LogP contribution >= 0.6 is 11.8 Å². The molecule has 1 N–H and O–H groups in total. The summed E-state index contributed by atoms with van der Waals surface area (Å²) in [5.74, 6) is -0.0614. The summed E-state index contributed by atoms with van der Waals surface area (Å²) in [6, 6.07) is 24.6. The maximum absolute atomic E-state index is 12.7. The first-order valence-electron chi connectivity index (χ1n) is 13.0. The Morgan fingerprint density at radius 3 is 2.16 bits per heavy atom. The summed E-state index contributed by atoms with van der Waals surface area (Å²) >= 11 is 1.06. The number of nitrogens with zero attached hydrogens (tertiary/aromatic N) is 1. The molecule has 0 aromatic heterocycles. The van der Waals surface area contributed by atoms with Crippen LogP contribution in [0.1, 0.15) is 51.0 Å². The summed E-state index contributed by atoms with van der Waals surface area (Å²) in [5, 5.41) is 1.71. The zero-order chi connectivity index (χ0) is 26.2. The van der Waals surface area contributed by atoms with E-state index in [1.54, 1.807) is 4.90 Å². The Hall–Kier alpha value is -3.38. The second-order valence-electron chi connectivity index (χ2n) is 9.53. The van der Waals surface area contributed by atoms with Crippen molar-refractivity contribution >= 4 is 34.5 Å². The number of benzene rings is 3. The minimum atomic E-state index is -0.361. The summed E-state index contributed by atoms with van der Waals surface area (Å²) < 4.78 is 0. The van der Waals surface area contributed by atoms with Gasteiger partial charge in [0.2, 0.25) is 11.8 Å². The average molecular weight is 515 g/mol. The maximum atomic E-state index is 12.7. The van der Waals surface area contributed by atoms with Crippen LogP contribution in [0.2, 0.25) is 0 Å². The van der Waals surface area contributed by atoms with Crippen LogP contribution in [0.25, 0.3) is 22.3 Å². The van der Waals surface area contributed by atoms with Crippen molar-refractivity contribution in [2.24, 2.45) is 0 Å². The van der Waals surface area contributed by atoms with E-state index in [-0.39, 0.29) is 22.3 Å². The molecular formula is C31H34N2O3S. The minimum absolute atomic E-state index is 0.153. The van der Waals surface area contributed by atoms with Crippen LogP contribution in [0, 0.1) is 0 Å². The Balaban J connectivity index is 1.43. The van der Waals surface area contributed by atoms with Crippen LogP contribution in [0.15, 0.2) is 72.8 Å². The van der Waals surface area contributed by atoms with Crippen molar-refractivity contribution in [3.05, 3.63) is 78.4 Å². The number of thioether (sulfide) groups is 1. The van der Waals surface area contributed by atoms with Gasteiger partial charge in [0.25, 0.3) is 5.24 Å². The fourth-order valence-corrected chi connectivity index (χ4v) is 5.40. The molecule has 0 saturated carbocycles. The second kappa shape index (κ2) is 12.7. The molecule has 1 heterocycles. The maximum Gasteiger partial charge on any atom is 0.286 e. The van der Waals surface area contributed by atoms with E-state index < -0.39 is 0 Å². The molecule has 0 aliphatic carbocycles. The Morgan fingerprint density at radius 2 is 1.49 bits per heavy atom. The Morgan fingerprint density at radius 1 is 0.838 bits per heavy atom. The largest absolute Gasteiger partial charge is 0.315 e. The molecule has 3 aromatic rings. The summed E-state index contributed by atoms with van der Waals surface area (Å²) in [6.07, 6.45) is 6.78. The molecule has 0 radical (unpaired) electrons. The van der Waals surface area contributed by atoms with Gasteiger partial charge in [-0.15, -0.1) is 0 Å². The van der Waals surface area contributed by atoms with Crippen molar-refractivity contribution < 1.29 is 14.4 Å². The molecule has 3 aromatic carbocycles. The summed E-state index contributed by atoms with van der Waals surface area (Å²) in [7, 11) is 1.86. The third kappa shape index (κ3) is 7.10. The number of carbonyl (C=O) groups excluding carboxylic acids is 3. The lowest BCUT2D eigenvalue weighted by Crippen LogP contribution is -2.25. The molecular weight excluding hydrogens is 480 g/mol. The predicted octanol–water partition coefficient (Wildman–Crippen LogP) is 7.24. The SMILES string of the molecule is CCCCCCCC(=O)N(C)c1cccc(-c2cccc(-c3ccc(CC4SC(=O)NC4=O)cc3)c2)c1. The highest BCUT2D eigenvalue weighted by molar-refractivity contribution is 8.15. The molecule has 1 atom stereocenters. The van der Waals surface area contributed by atoms with Crippen molar-refractivity contribution in [2.45, 2.75) is 57.1 Å².